The zero-order valence-electron chi connectivity index (χ0n) is 41.4. The summed E-state index contributed by atoms with van der Waals surface area (Å²) in [5.74, 6) is -1.18. The second kappa shape index (κ2) is 26.5. The molecule has 2 heterocycles. The summed E-state index contributed by atoms with van der Waals surface area (Å²) in [6.45, 7) is 12.2. The fourth-order valence-corrected chi connectivity index (χ4v) is 10.3. The number of likely N-dealkylation sites (N-methyl/N-ethyl adjacent to an activating group) is 2. The minimum Gasteiger partial charge on any atom is -0.410 e. The summed E-state index contributed by atoms with van der Waals surface area (Å²) in [6.07, 6.45) is 4.40. The first-order valence-corrected chi connectivity index (χ1v) is 24.8. The molecule has 66 heavy (non-hydrogen) atoms. The minimum atomic E-state index is -0.907. The molecule has 1 aromatic carbocycles. The van der Waals surface area contributed by atoms with Gasteiger partial charge in [-0.3, -0.25) is 33.6 Å². The monoisotopic (exact) mass is 945 g/mol. The van der Waals surface area contributed by atoms with Crippen LogP contribution in [0.5, 0.6) is 5.75 Å². The molecule has 0 radical (unpaired) electrons. The number of rotatable bonds is 25. The van der Waals surface area contributed by atoms with Gasteiger partial charge in [0.25, 0.3) is 5.91 Å². The van der Waals surface area contributed by atoms with E-state index in [4.69, 9.17) is 14.2 Å². The van der Waals surface area contributed by atoms with Gasteiger partial charge in [-0.05, 0) is 114 Å². The average molecular weight is 945 g/mol. The Hall–Kier alpha value is -3.97. The Morgan fingerprint density at radius 3 is 2.09 bits per heavy atom. The molecule has 4 rings (SSSR count). The third-order valence-corrected chi connectivity index (χ3v) is 14.7. The predicted molar refractivity (Wildman–Crippen MR) is 257 cm³/mol. The van der Waals surface area contributed by atoms with Gasteiger partial charge in [-0.1, -0.05) is 53.2 Å². The maximum absolute atomic E-state index is 14.3. The summed E-state index contributed by atoms with van der Waals surface area (Å²) in [7, 11) is 10.4. The van der Waals surface area contributed by atoms with Gasteiger partial charge in [0, 0.05) is 52.6 Å². The fraction of sp³-hybridized carbons (Fsp3) is 0.750. The number of nitrogens with zero attached hydrogens (tertiary/aromatic N) is 4. The molecule has 3 aliphatic rings. The predicted octanol–water partition coefficient (Wildman–Crippen LogP) is 3.69. The number of nitrogens with one attached hydrogen (secondary N) is 4. The van der Waals surface area contributed by atoms with Crippen molar-refractivity contribution in [3.63, 3.8) is 0 Å². The lowest BCUT2D eigenvalue weighted by Crippen LogP contribution is -2.55. The lowest BCUT2D eigenvalue weighted by atomic mass is 9.90. The largest absolute Gasteiger partial charge is 0.415 e. The van der Waals surface area contributed by atoms with Crippen LogP contribution in [-0.4, -0.2) is 172 Å². The van der Waals surface area contributed by atoms with Crippen molar-refractivity contribution in [1.29, 1.82) is 0 Å². The highest BCUT2D eigenvalue weighted by Crippen LogP contribution is 2.32. The molecule has 6 amide bonds. The van der Waals surface area contributed by atoms with Crippen molar-refractivity contribution in [2.45, 2.75) is 134 Å². The zero-order chi connectivity index (χ0) is 48.7. The molecule has 2 saturated heterocycles. The lowest BCUT2D eigenvalue weighted by molar-refractivity contribution is -0.146. The Morgan fingerprint density at radius 2 is 1.53 bits per heavy atom. The van der Waals surface area contributed by atoms with E-state index in [0.29, 0.717) is 49.4 Å². The molecule has 1 aliphatic carbocycles. The number of carbonyl (C=O) groups excluding carboxylic acids is 6. The number of methoxy groups -OCH3 is 2. The number of benzene rings is 1. The fourth-order valence-electron chi connectivity index (χ4n) is 9.46. The van der Waals surface area contributed by atoms with Crippen molar-refractivity contribution < 1.29 is 43.0 Å². The summed E-state index contributed by atoms with van der Waals surface area (Å²) in [5, 5.41) is 9.37. The van der Waals surface area contributed by atoms with Crippen molar-refractivity contribution in [3.05, 3.63) is 29.8 Å². The molecule has 0 spiro atoms. The normalized spacial score (nSPS) is 19.9. The maximum Gasteiger partial charge on any atom is 0.415 e. The van der Waals surface area contributed by atoms with Crippen molar-refractivity contribution in [2.75, 3.05) is 75.1 Å². The summed E-state index contributed by atoms with van der Waals surface area (Å²) in [6, 6.07) is 4.82. The van der Waals surface area contributed by atoms with E-state index in [1.165, 1.54) is 19.1 Å². The van der Waals surface area contributed by atoms with Gasteiger partial charge in [0.15, 0.2) is 0 Å². The molecule has 1 saturated carbocycles. The maximum atomic E-state index is 14.3. The Bertz CT molecular complexity index is 1730. The number of hydrogen-bond acceptors (Lipinski definition) is 12. The van der Waals surface area contributed by atoms with Crippen LogP contribution in [-0.2, 0) is 39.9 Å². The van der Waals surface area contributed by atoms with Crippen LogP contribution in [0.2, 0.25) is 0 Å². The van der Waals surface area contributed by atoms with E-state index in [2.05, 4.69) is 20.7 Å². The number of likely N-dealkylation sites (tertiary alicyclic amines) is 2. The van der Waals surface area contributed by atoms with Gasteiger partial charge in [0.05, 0.1) is 49.2 Å². The second-order valence-electron chi connectivity index (χ2n) is 19.1. The van der Waals surface area contributed by atoms with Crippen molar-refractivity contribution >= 4 is 47.6 Å². The first-order chi connectivity index (χ1) is 31.4. The molecule has 18 heteroatoms. The number of carbonyl (C=O) groups is 6. The first-order valence-electron chi connectivity index (χ1n) is 23.9. The summed E-state index contributed by atoms with van der Waals surface area (Å²) >= 11 is 1.37. The molecule has 0 aromatic heterocycles. The molecule has 1 aromatic rings. The van der Waals surface area contributed by atoms with Crippen LogP contribution in [0.1, 0.15) is 91.5 Å². The van der Waals surface area contributed by atoms with E-state index < -0.39 is 42.3 Å². The van der Waals surface area contributed by atoms with Gasteiger partial charge in [0.1, 0.15) is 11.8 Å². The van der Waals surface area contributed by atoms with Crippen LogP contribution in [0.15, 0.2) is 24.3 Å². The minimum absolute atomic E-state index is 0.00636. The van der Waals surface area contributed by atoms with Gasteiger partial charge >= 0.3 is 6.09 Å². The van der Waals surface area contributed by atoms with Crippen molar-refractivity contribution in [1.82, 2.24) is 40.3 Å². The number of ether oxygens (including phenoxy) is 3. The molecular formula is C48H80N8O9S. The van der Waals surface area contributed by atoms with Crippen molar-refractivity contribution in [3.8, 4) is 5.75 Å². The summed E-state index contributed by atoms with van der Waals surface area (Å²) in [4.78, 5) is 88.6. The third-order valence-electron chi connectivity index (χ3n) is 13.6. The van der Waals surface area contributed by atoms with Gasteiger partial charge in [-0.2, -0.15) is 0 Å². The highest BCUT2D eigenvalue weighted by atomic mass is 32.2. The standard InChI is InChI=1S/C48H80N8O9S/c1-12-31(4)43(54(9)41(58)29-50-47(61)42(30(2)3)53(7)8)39(63-10)27-40(57)56-23-13-14-38(56)44(64-11)32(5)45(59)51-37(46(60)52-66-36-19-20-36)26-33-15-17-35(18-16-33)65-48(62)55-24-21-34(22-25-55)28-49-6/h15-18,30-32,34,36-39,42-44,49H,12-14,19-29H2,1-11H3,(H,50,61)(H,51,59)(H,52,60). The van der Waals surface area contributed by atoms with E-state index in [-0.39, 0.29) is 66.9 Å². The zero-order valence-corrected chi connectivity index (χ0v) is 42.2. The molecule has 8 unspecified atom stereocenters. The molecular weight excluding hydrogens is 865 g/mol. The number of amides is 6. The van der Waals surface area contributed by atoms with E-state index in [9.17, 15) is 28.8 Å². The van der Waals surface area contributed by atoms with Gasteiger partial charge < -0.3 is 44.9 Å². The molecule has 8 atom stereocenters. The Kier molecular flexibility index (Phi) is 22.0. The summed E-state index contributed by atoms with van der Waals surface area (Å²) < 4.78 is 20.6. The molecule has 0 bridgehead atoms. The highest BCUT2D eigenvalue weighted by Gasteiger charge is 2.43. The van der Waals surface area contributed by atoms with E-state index in [0.717, 1.165) is 44.2 Å². The number of hydrogen-bond donors (Lipinski definition) is 4. The van der Waals surface area contributed by atoms with E-state index >= 15 is 0 Å². The van der Waals surface area contributed by atoms with E-state index in [1.807, 2.05) is 53.7 Å². The molecule has 3 fully saturated rings. The summed E-state index contributed by atoms with van der Waals surface area (Å²) in [5.41, 5.74) is 0.771. The highest BCUT2D eigenvalue weighted by molar-refractivity contribution is 7.98. The lowest BCUT2D eigenvalue weighted by Gasteiger charge is -2.39. The van der Waals surface area contributed by atoms with E-state index in [1.54, 1.807) is 60.0 Å². The van der Waals surface area contributed by atoms with Crippen LogP contribution in [0.4, 0.5) is 4.79 Å². The van der Waals surface area contributed by atoms with Crippen LogP contribution in [0.3, 0.4) is 0 Å². The van der Waals surface area contributed by atoms with Crippen LogP contribution in [0.25, 0.3) is 0 Å². The van der Waals surface area contributed by atoms with Gasteiger partial charge in [0.2, 0.25) is 23.6 Å². The topological polar surface area (TPSA) is 191 Å². The SMILES string of the molecule is CCC(C)C(C(CC(=O)N1CCCC1C(OC)C(C)C(=O)NC(Cc1ccc(OC(=O)N2CCC(CNC)CC2)cc1)C(=O)NSC1CC1)OC)N(C)C(=O)CNC(=O)C(C(C)C)N(C)C. The first kappa shape index (κ1) is 54.6. The Balaban J connectivity index is 1.41. The van der Waals surface area contributed by atoms with Crippen LogP contribution < -0.4 is 25.4 Å². The van der Waals surface area contributed by atoms with Gasteiger partial charge in [-0.15, -0.1) is 0 Å². The van der Waals surface area contributed by atoms with Gasteiger partial charge in [-0.25, -0.2) is 4.79 Å². The van der Waals surface area contributed by atoms with Crippen LogP contribution in [0, 0.1) is 23.7 Å². The average Bonchev–Trinajstić information content (AvgIpc) is 4.00. The third kappa shape index (κ3) is 15.5. The molecule has 2 aliphatic heterocycles. The van der Waals surface area contributed by atoms with Crippen molar-refractivity contribution in [2.24, 2.45) is 23.7 Å². The number of piperidine rings is 1. The molecule has 17 nitrogen and oxygen atoms in total. The quantitative estimate of drug-likeness (QED) is 0.104. The molecule has 372 valence electrons. The molecule has 4 N–H and O–H groups in total. The Morgan fingerprint density at radius 1 is 0.864 bits per heavy atom. The Labute approximate surface area is 398 Å². The van der Waals surface area contributed by atoms with Crippen LogP contribution >= 0.6 is 11.9 Å². The second-order valence-corrected chi connectivity index (χ2v) is 20.2. The smallest absolute Gasteiger partial charge is 0.410 e.